The number of benzene rings is 2. The van der Waals surface area contributed by atoms with Crippen LogP contribution in [-0.2, 0) is 13.1 Å². The number of hydrogen-bond donors (Lipinski definition) is 2. The van der Waals surface area contributed by atoms with E-state index in [9.17, 15) is 4.39 Å². The van der Waals surface area contributed by atoms with Gasteiger partial charge in [-0.3, -0.25) is 4.90 Å². The van der Waals surface area contributed by atoms with Gasteiger partial charge in [0.25, 0.3) is 0 Å². The zero-order chi connectivity index (χ0) is 20.5. The molecule has 0 unspecified atom stereocenters. The number of nitrogens with one attached hydrogen (secondary N) is 2. The lowest BCUT2D eigenvalue weighted by molar-refractivity contribution is 0.198. The summed E-state index contributed by atoms with van der Waals surface area (Å²) in [6.45, 7) is 6.39. The Morgan fingerprint density at radius 2 is 1.90 bits per heavy atom. The van der Waals surface area contributed by atoms with Crippen molar-refractivity contribution >= 4 is 5.96 Å². The lowest BCUT2D eigenvalue weighted by atomic mass is 10.0. The van der Waals surface area contributed by atoms with Gasteiger partial charge in [0.2, 0.25) is 0 Å². The first-order chi connectivity index (χ1) is 14.2. The van der Waals surface area contributed by atoms with Gasteiger partial charge in [-0.05, 0) is 43.0 Å². The Labute approximate surface area is 173 Å². The number of hydrogen-bond acceptors (Lipinski definition) is 3. The van der Waals surface area contributed by atoms with Gasteiger partial charge in [0.05, 0.1) is 13.7 Å². The van der Waals surface area contributed by atoms with Crippen molar-refractivity contribution in [1.82, 2.24) is 15.5 Å². The molecule has 1 aliphatic rings. The highest BCUT2D eigenvalue weighted by atomic mass is 19.1. The standard InChI is InChI=1S/C23H31FN4O/c1-3-25-23(26-16-19-9-10-22(29-2)21(24)15-19)27-20-11-13-28(14-12-20)17-18-7-5-4-6-8-18/h4-10,15,20H,3,11-14,16-17H2,1-2H3,(H2,25,26,27). The van der Waals surface area contributed by atoms with Crippen LogP contribution in [0.15, 0.2) is 53.5 Å². The van der Waals surface area contributed by atoms with E-state index in [2.05, 4.69) is 50.9 Å². The summed E-state index contributed by atoms with van der Waals surface area (Å²) in [6.07, 6.45) is 2.16. The zero-order valence-corrected chi connectivity index (χ0v) is 17.3. The number of likely N-dealkylation sites (tertiary alicyclic amines) is 1. The molecule has 0 amide bonds. The minimum atomic E-state index is -0.357. The number of ether oxygens (including phenoxy) is 1. The molecule has 1 saturated heterocycles. The normalized spacial score (nSPS) is 15.9. The quantitative estimate of drug-likeness (QED) is 0.553. The third-order valence-electron chi connectivity index (χ3n) is 5.16. The van der Waals surface area contributed by atoms with E-state index in [0.29, 0.717) is 12.6 Å². The Kier molecular flexibility index (Phi) is 7.87. The molecule has 6 heteroatoms. The Morgan fingerprint density at radius 1 is 1.14 bits per heavy atom. The molecule has 1 aliphatic heterocycles. The van der Waals surface area contributed by atoms with Gasteiger partial charge < -0.3 is 15.4 Å². The Balaban J connectivity index is 1.51. The number of guanidine groups is 1. The predicted octanol–water partition coefficient (Wildman–Crippen LogP) is 3.55. The van der Waals surface area contributed by atoms with E-state index in [1.165, 1.54) is 18.7 Å². The van der Waals surface area contributed by atoms with Crippen LogP contribution in [0.3, 0.4) is 0 Å². The molecular formula is C23H31FN4O. The minimum Gasteiger partial charge on any atom is -0.494 e. The molecule has 5 nitrogen and oxygen atoms in total. The highest BCUT2D eigenvalue weighted by molar-refractivity contribution is 5.80. The van der Waals surface area contributed by atoms with Crippen LogP contribution in [0.1, 0.15) is 30.9 Å². The number of piperidine rings is 1. The first-order valence-electron chi connectivity index (χ1n) is 10.3. The van der Waals surface area contributed by atoms with Crippen LogP contribution >= 0.6 is 0 Å². The molecule has 0 bridgehead atoms. The van der Waals surface area contributed by atoms with E-state index in [0.717, 1.165) is 50.5 Å². The molecule has 3 rings (SSSR count). The smallest absolute Gasteiger partial charge is 0.191 e. The highest BCUT2D eigenvalue weighted by Gasteiger charge is 2.20. The molecule has 0 radical (unpaired) electrons. The summed E-state index contributed by atoms with van der Waals surface area (Å²) in [6, 6.07) is 16.0. The van der Waals surface area contributed by atoms with E-state index < -0.39 is 0 Å². The predicted molar refractivity (Wildman–Crippen MR) is 116 cm³/mol. The minimum absolute atomic E-state index is 0.255. The lowest BCUT2D eigenvalue weighted by Crippen LogP contribution is -2.48. The van der Waals surface area contributed by atoms with Gasteiger partial charge in [-0.15, -0.1) is 0 Å². The molecule has 0 atom stereocenters. The van der Waals surface area contributed by atoms with Crippen molar-refractivity contribution in [2.45, 2.75) is 38.9 Å². The molecular weight excluding hydrogens is 367 g/mol. The molecule has 2 N–H and O–H groups in total. The first-order valence-corrected chi connectivity index (χ1v) is 10.3. The number of rotatable bonds is 7. The molecule has 2 aromatic carbocycles. The van der Waals surface area contributed by atoms with Crippen molar-refractivity contribution < 1.29 is 9.13 Å². The number of halogens is 1. The largest absolute Gasteiger partial charge is 0.494 e. The maximum absolute atomic E-state index is 13.9. The topological polar surface area (TPSA) is 48.9 Å². The van der Waals surface area contributed by atoms with Crippen molar-refractivity contribution in [3.8, 4) is 5.75 Å². The molecule has 156 valence electrons. The van der Waals surface area contributed by atoms with Crippen LogP contribution in [0.5, 0.6) is 5.75 Å². The van der Waals surface area contributed by atoms with Crippen LogP contribution in [0.2, 0.25) is 0 Å². The number of aliphatic imine (C=N–C) groups is 1. The van der Waals surface area contributed by atoms with E-state index in [-0.39, 0.29) is 11.6 Å². The van der Waals surface area contributed by atoms with Crippen LogP contribution < -0.4 is 15.4 Å². The van der Waals surface area contributed by atoms with Crippen LogP contribution in [-0.4, -0.2) is 43.6 Å². The molecule has 0 aromatic heterocycles. The molecule has 0 spiro atoms. The number of nitrogens with zero attached hydrogens (tertiary/aromatic N) is 2. The van der Waals surface area contributed by atoms with Gasteiger partial charge in [-0.25, -0.2) is 9.38 Å². The maximum atomic E-state index is 13.9. The Morgan fingerprint density at radius 3 is 2.55 bits per heavy atom. The van der Waals surface area contributed by atoms with E-state index in [4.69, 9.17) is 4.74 Å². The molecule has 0 saturated carbocycles. The Bertz CT molecular complexity index is 789. The summed E-state index contributed by atoms with van der Waals surface area (Å²) in [5, 5.41) is 6.84. The summed E-state index contributed by atoms with van der Waals surface area (Å²) < 4.78 is 18.9. The SMILES string of the molecule is CCNC(=NCc1ccc(OC)c(F)c1)NC1CCN(Cc2ccccc2)CC1. The van der Waals surface area contributed by atoms with Gasteiger partial charge in [-0.2, -0.15) is 0 Å². The fourth-order valence-electron chi connectivity index (χ4n) is 3.57. The van der Waals surface area contributed by atoms with Gasteiger partial charge in [0.1, 0.15) is 0 Å². The third-order valence-corrected chi connectivity index (χ3v) is 5.16. The van der Waals surface area contributed by atoms with Crippen molar-refractivity contribution in [2.75, 3.05) is 26.7 Å². The molecule has 29 heavy (non-hydrogen) atoms. The summed E-state index contributed by atoms with van der Waals surface area (Å²) in [4.78, 5) is 7.13. The van der Waals surface area contributed by atoms with Crippen LogP contribution in [0.25, 0.3) is 0 Å². The second-order valence-electron chi connectivity index (χ2n) is 7.34. The maximum Gasteiger partial charge on any atom is 0.191 e. The van der Waals surface area contributed by atoms with Crippen molar-refractivity contribution in [1.29, 1.82) is 0 Å². The van der Waals surface area contributed by atoms with Gasteiger partial charge in [-0.1, -0.05) is 36.4 Å². The first kappa shape index (κ1) is 21.1. The Hall–Kier alpha value is -2.60. The average Bonchev–Trinajstić information content (AvgIpc) is 2.74. The van der Waals surface area contributed by atoms with Crippen molar-refractivity contribution in [3.63, 3.8) is 0 Å². The fraction of sp³-hybridized carbons (Fsp3) is 0.435. The summed E-state index contributed by atoms with van der Waals surface area (Å²) in [7, 11) is 1.47. The van der Waals surface area contributed by atoms with Crippen LogP contribution in [0, 0.1) is 5.82 Å². The zero-order valence-electron chi connectivity index (χ0n) is 17.3. The van der Waals surface area contributed by atoms with Gasteiger partial charge in [0.15, 0.2) is 17.5 Å². The van der Waals surface area contributed by atoms with Crippen molar-refractivity contribution in [2.24, 2.45) is 4.99 Å². The van der Waals surface area contributed by atoms with Crippen LogP contribution in [0.4, 0.5) is 4.39 Å². The van der Waals surface area contributed by atoms with Gasteiger partial charge in [0, 0.05) is 32.2 Å². The second-order valence-corrected chi connectivity index (χ2v) is 7.34. The summed E-state index contributed by atoms with van der Waals surface area (Å²) in [5.41, 5.74) is 2.18. The van der Waals surface area contributed by atoms with Gasteiger partial charge >= 0.3 is 0 Å². The number of methoxy groups -OCH3 is 1. The highest BCUT2D eigenvalue weighted by Crippen LogP contribution is 2.18. The molecule has 1 fully saturated rings. The molecule has 2 aromatic rings. The summed E-state index contributed by atoms with van der Waals surface area (Å²) in [5.74, 6) is 0.680. The average molecular weight is 399 g/mol. The lowest BCUT2D eigenvalue weighted by Gasteiger charge is -2.33. The monoisotopic (exact) mass is 398 g/mol. The van der Waals surface area contributed by atoms with E-state index >= 15 is 0 Å². The summed E-state index contributed by atoms with van der Waals surface area (Å²) >= 11 is 0. The molecule has 0 aliphatic carbocycles. The van der Waals surface area contributed by atoms with E-state index in [1.54, 1.807) is 6.07 Å². The van der Waals surface area contributed by atoms with E-state index in [1.807, 2.05) is 13.0 Å². The second kappa shape index (κ2) is 10.8. The van der Waals surface area contributed by atoms with Crippen molar-refractivity contribution in [3.05, 3.63) is 65.5 Å². The third kappa shape index (κ3) is 6.46. The fourth-order valence-corrected chi connectivity index (χ4v) is 3.57. The molecule has 1 heterocycles.